The number of ether oxygens (including phenoxy) is 2. The zero-order chi connectivity index (χ0) is 23.7. The van der Waals surface area contributed by atoms with Crippen LogP contribution in [0.15, 0.2) is 48.6 Å². The van der Waals surface area contributed by atoms with Crippen LogP contribution in [0.1, 0.15) is 61.3 Å². The number of carbonyl (C=O) groups excluding carboxylic acids is 2. The highest BCUT2D eigenvalue weighted by Crippen LogP contribution is 2.07. The maximum atomic E-state index is 10.6. The average Bonchev–Trinajstić information content (AvgIpc) is 2.70. The van der Waals surface area contributed by atoms with Gasteiger partial charge in [-0.15, -0.1) is 0 Å². The highest BCUT2D eigenvalue weighted by molar-refractivity contribution is 6.01. The molecule has 1 aromatic carbocycles. The van der Waals surface area contributed by atoms with Gasteiger partial charge in [-0.2, -0.15) is 0 Å². The van der Waals surface area contributed by atoms with Crippen LogP contribution in [-0.4, -0.2) is 47.3 Å². The van der Waals surface area contributed by atoms with Crippen molar-refractivity contribution in [2.24, 2.45) is 0 Å². The van der Waals surface area contributed by atoms with Crippen molar-refractivity contribution in [2.45, 2.75) is 40.5 Å². The first-order valence-corrected chi connectivity index (χ1v) is 9.20. The second-order valence-corrected chi connectivity index (χ2v) is 5.99. The van der Waals surface area contributed by atoms with Crippen molar-refractivity contribution in [3.05, 3.63) is 59.7 Å². The van der Waals surface area contributed by atoms with E-state index in [-0.39, 0.29) is 23.1 Å². The topological polar surface area (TPSA) is 127 Å². The smallest absolute Gasteiger partial charge is 0.336 e. The minimum atomic E-state index is -1.23. The van der Waals surface area contributed by atoms with Crippen LogP contribution >= 0.6 is 0 Å². The van der Waals surface area contributed by atoms with Gasteiger partial charge in [0.25, 0.3) is 0 Å². The zero-order valence-electron chi connectivity index (χ0n) is 17.9. The number of carboxylic acid groups (broad SMARTS) is 2. The van der Waals surface area contributed by atoms with Crippen molar-refractivity contribution in [3.8, 4) is 0 Å². The third kappa shape index (κ3) is 13.7. The molecule has 0 aliphatic rings. The van der Waals surface area contributed by atoms with E-state index in [1.807, 2.05) is 13.8 Å². The van der Waals surface area contributed by atoms with Crippen molar-refractivity contribution in [2.75, 3.05) is 13.2 Å². The first-order chi connectivity index (χ1) is 14.0. The lowest BCUT2D eigenvalue weighted by Gasteiger charge is -1.99. The summed E-state index contributed by atoms with van der Waals surface area (Å²) >= 11 is 0. The molecular formula is C22H30O8. The van der Waals surface area contributed by atoms with E-state index >= 15 is 0 Å². The molecule has 0 aromatic heterocycles. The molecule has 0 aliphatic heterocycles. The molecule has 0 spiro atoms. The summed E-state index contributed by atoms with van der Waals surface area (Å²) in [6, 6.07) is 5.48. The summed E-state index contributed by atoms with van der Waals surface area (Å²) in [5, 5.41) is 17.1. The van der Waals surface area contributed by atoms with E-state index in [0.29, 0.717) is 24.4 Å². The monoisotopic (exact) mass is 422 g/mol. The first kappa shape index (κ1) is 28.8. The number of carbonyl (C=O) groups is 4. The van der Waals surface area contributed by atoms with Crippen LogP contribution < -0.4 is 0 Å². The molecule has 0 fully saturated rings. The Kier molecular flexibility index (Phi) is 15.9. The summed E-state index contributed by atoms with van der Waals surface area (Å²) in [6.07, 6.45) is 1.72. The molecular weight excluding hydrogens is 392 g/mol. The zero-order valence-corrected chi connectivity index (χ0v) is 17.9. The van der Waals surface area contributed by atoms with Gasteiger partial charge in [-0.3, -0.25) is 0 Å². The molecule has 0 saturated carbocycles. The number of carboxylic acids is 2. The summed E-state index contributed by atoms with van der Waals surface area (Å²) in [7, 11) is 0. The van der Waals surface area contributed by atoms with Crippen LogP contribution in [0.4, 0.5) is 0 Å². The summed E-state index contributed by atoms with van der Waals surface area (Å²) in [6.45, 7) is 15.0. The normalized spacial score (nSPS) is 8.93. The molecule has 1 aromatic rings. The average molecular weight is 422 g/mol. The standard InChI is InChI=1S/C8H6O4.2C7H12O2/c9-7(10)5-3-1-2-4-6(5)8(11)12;2*1-4-5-9-7(8)6(2)3/h1-4H,(H,9,10)(H,11,12);2*2,4-5H2,1,3H3. The van der Waals surface area contributed by atoms with Gasteiger partial charge in [-0.25, -0.2) is 19.2 Å². The molecule has 1 rings (SSSR count). The van der Waals surface area contributed by atoms with Gasteiger partial charge < -0.3 is 19.7 Å². The van der Waals surface area contributed by atoms with Crippen molar-refractivity contribution in [3.63, 3.8) is 0 Å². The molecule has 30 heavy (non-hydrogen) atoms. The lowest BCUT2D eigenvalue weighted by molar-refractivity contribution is -0.139. The van der Waals surface area contributed by atoms with Crippen LogP contribution in [0.5, 0.6) is 0 Å². The van der Waals surface area contributed by atoms with Crippen molar-refractivity contribution in [1.82, 2.24) is 0 Å². The highest BCUT2D eigenvalue weighted by atomic mass is 16.5. The lowest BCUT2D eigenvalue weighted by Crippen LogP contribution is -2.06. The van der Waals surface area contributed by atoms with Gasteiger partial charge in [0.15, 0.2) is 0 Å². The Morgan fingerprint density at radius 3 is 1.27 bits per heavy atom. The first-order valence-electron chi connectivity index (χ1n) is 9.20. The number of benzene rings is 1. The van der Waals surface area contributed by atoms with Crippen LogP contribution in [0.25, 0.3) is 0 Å². The molecule has 0 saturated heterocycles. The lowest BCUT2D eigenvalue weighted by atomic mass is 10.1. The van der Waals surface area contributed by atoms with Gasteiger partial charge in [-0.05, 0) is 38.8 Å². The predicted molar refractivity (Wildman–Crippen MR) is 112 cm³/mol. The fourth-order valence-electron chi connectivity index (χ4n) is 1.49. The SMILES string of the molecule is C=C(C)C(=O)OCCC.C=C(C)C(=O)OCCC.O=C(O)c1ccccc1C(=O)O. The van der Waals surface area contributed by atoms with E-state index in [4.69, 9.17) is 19.7 Å². The van der Waals surface area contributed by atoms with E-state index in [0.717, 1.165) is 12.8 Å². The quantitative estimate of drug-likeness (QED) is 0.473. The maximum Gasteiger partial charge on any atom is 0.336 e. The molecule has 2 N–H and O–H groups in total. The van der Waals surface area contributed by atoms with E-state index in [2.05, 4.69) is 13.2 Å². The Balaban J connectivity index is 0. The molecule has 0 amide bonds. The molecule has 8 heteroatoms. The number of esters is 2. The third-order valence-electron chi connectivity index (χ3n) is 2.96. The van der Waals surface area contributed by atoms with E-state index in [1.54, 1.807) is 13.8 Å². The molecule has 0 atom stereocenters. The molecule has 166 valence electrons. The largest absolute Gasteiger partial charge is 0.478 e. The second-order valence-electron chi connectivity index (χ2n) is 5.99. The second kappa shape index (κ2) is 16.5. The fourth-order valence-corrected chi connectivity index (χ4v) is 1.49. The van der Waals surface area contributed by atoms with Gasteiger partial charge in [0.2, 0.25) is 0 Å². The molecule has 0 unspecified atom stereocenters. The number of hydrogen-bond acceptors (Lipinski definition) is 6. The van der Waals surface area contributed by atoms with E-state index < -0.39 is 11.9 Å². The fraction of sp³-hybridized carbons (Fsp3) is 0.364. The Labute approximate surface area is 176 Å². The van der Waals surface area contributed by atoms with E-state index in [1.165, 1.54) is 24.3 Å². The third-order valence-corrected chi connectivity index (χ3v) is 2.96. The minimum Gasteiger partial charge on any atom is -0.478 e. The molecule has 8 nitrogen and oxygen atoms in total. The van der Waals surface area contributed by atoms with Crippen LogP contribution in [0, 0.1) is 0 Å². The number of aromatic carboxylic acids is 2. The summed E-state index contributed by atoms with van der Waals surface area (Å²) in [4.78, 5) is 42.1. The minimum absolute atomic E-state index is 0.190. The maximum absolute atomic E-state index is 10.6. The molecule has 0 bridgehead atoms. The van der Waals surface area contributed by atoms with Gasteiger partial charge in [0, 0.05) is 11.1 Å². The van der Waals surface area contributed by atoms with Gasteiger partial charge in [-0.1, -0.05) is 39.1 Å². The Morgan fingerprint density at radius 1 is 0.767 bits per heavy atom. The number of rotatable bonds is 8. The summed E-state index contributed by atoms with van der Waals surface area (Å²) in [5.41, 5.74) is 0.543. The van der Waals surface area contributed by atoms with E-state index in [9.17, 15) is 19.2 Å². The Hall–Kier alpha value is -3.42. The van der Waals surface area contributed by atoms with Crippen molar-refractivity contribution in [1.29, 1.82) is 0 Å². The summed E-state index contributed by atoms with van der Waals surface area (Å²) in [5.74, 6) is -3.05. The Morgan fingerprint density at radius 2 is 1.07 bits per heavy atom. The molecule has 0 aliphatic carbocycles. The highest BCUT2D eigenvalue weighted by Gasteiger charge is 2.13. The van der Waals surface area contributed by atoms with Gasteiger partial charge in [0.05, 0.1) is 24.3 Å². The molecule has 0 heterocycles. The van der Waals surface area contributed by atoms with Crippen molar-refractivity contribution >= 4 is 23.9 Å². The van der Waals surface area contributed by atoms with Crippen LogP contribution in [0.2, 0.25) is 0 Å². The van der Waals surface area contributed by atoms with Gasteiger partial charge in [0.1, 0.15) is 0 Å². The Bertz CT molecular complexity index is 686. The molecule has 0 radical (unpaired) electrons. The van der Waals surface area contributed by atoms with Gasteiger partial charge >= 0.3 is 23.9 Å². The van der Waals surface area contributed by atoms with Crippen LogP contribution in [-0.2, 0) is 19.1 Å². The van der Waals surface area contributed by atoms with Crippen molar-refractivity contribution < 1.29 is 38.9 Å². The van der Waals surface area contributed by atoms with Crippen LogP contribution in [0.3, 0.4) is 0 Å². The summed E-state index contributed by atoms with van der Waals surface area (Å²) < 4.78 is 9.43. The predicted octanol–water partition coefficient (Wildman–Crippen LogP) is 4.11. The number of hydrogen-bond donors (Lipinski definition) is 2.